The highest BCUT2D eigenvalue weighted by molar-refractivity contribution is 5.14. The lowest BCUT2D eigenvalue weighted by Gasteiger charge is -2.02. The highest BCUT2D eigenvalue weighted by Crippen LogP contribution is 2.01. The van der Waals surface area contributed by atoms with Crippen molar-refractivity contribution in [1.29, 1.82) is 0 Å². The van der Waals surface area contributed by atoms with Crippen LogP contribution < -0.4 is 0 Å². The van der Waals surface area contributed by atoms with Crippen molar-refractivity contribution < 1.29 is 4.74 Å². The number of hydrogen-bond donors (Lipinski definition) is 0. The molecule has 0 radical (unpaired) electrons. The van der Waals surface area contributed by atoms with Crippen LogP contribution in [0, 0.1) is 0 Å². The smallest absolute Gasteiger partial charge is 0.0913 e. The maximum Gasteiger partial charge on any atom is 0.0913 e. The Kier molecular flexibility index (Phi) is 4.84. The van der Waals surface area contributed by atoms with Crippen LogP contribution in [0.5, 0.6) is 0 Å². The number of rotatable bonds is 5. The van der Waals surface area contributed by atoms with Gasteiger partial charge in [0.2, 0.25) is 0 Å². The summed E-state index contributed by atoms with van der Waals surface area (Å²) in [6.07, 6.45) is 3.91. The Balaban J connectivity index is 2.23. The van der Waals surface area contributed by atoms with Crippen molar-refractivity contribution in [2.24, 2.45) is 0 Å². The standard InChI is InChI=1S/C13H18O/c1-3-12(2)11-14-10-9-13-7-5-4-6-8-13/h4-8,11H,3,9-10H2,1-2H3. The Hall–Kier alpha value is -1.24. The van der Waals surface area contributed by atoms with E-state index in [4.69, 9.17) is 4.74 Å². The van der Waals surface area contributed by atoms with Crippen LogP contribution in [0.3, 0.4) is 0 Å². The number of benzene rings is 1. The minimum atomic E-state index is 0.765. The SMILES string of the molecule is CCC(C)=COCCc1ccccc1. The molecule has 0 saturated carbocycles. The molecular weight excluding hydrogens is 172 g/mol. The van der Waals surface area contributed by atoms with E-state index in [1.165, 1.54) is 11.1 Å². The average molecular weight is 190 g/mol. The quantitative estimate of drug-likeness (QED) is 0.509. The predicted octanol–water partition coefficient (Wildman–Crippen LogP) is 3.56. The fourth-order valence-electron chi connectivity index (χ4n) is 1.11. The first-order valence-corrected chi connectivity index (χ1v) is 5.14. The second kappa shape index (κ2) is 6.25. The van der Waals surface area contributed by atoms with Crippen molar-refractivity contribution in [3.63, 3.8) is 0 Å². The van der Waals surface area contributed by atoms with E-state index in [1.807, 2.05) is 12.3 Å². The summed E-state index contributed by atoms with van der Waals surface area (Å²) in [5, 5.41) is 0. The minimum absolute atomic E-state index is 0.765. The molecule has 0 aliphatic carbocycles. The third-order valence-corrected chi connectivity index (χ3v) is 2.19. The van der Waals surface area contributed by atoms with E-state index in [1.54, 1.807) is 0 Å². The molecule has 0 aromatic heterocycles. The summed E-state index contributed by atoms with van der Waals surface area (Å²) in [5.74, 6) is 0. The average Bonchev–Trinajstić information content (AvgIpc) is 2.25. The van der Waals surface area contributed by atoms with Crippen LogP contribution in [0.1, 0.15) is 25.8 Å². The molecule has 0 spiro atoms. The second-order valence-electron chi connectivity index (χ2n) is 3.42. The van der Waals surface area contributed by atoms with Crippen molar-refractivity contribution in [1.82, 2.24) is 0 Å². The lowest BCUT2D eigenvalue weighted by Crippen LogP contribution is -1.93. The summed E-state index contributed by atoms with van der Waals surface area (Å²) in [5.41, 5.74) is 2.62. The molecule has 0 aliphatic heterocycles. The second-order valence-corrected chi connectivity index (χ2v) is 3.42. The van der Waals surface area contributed by atoms with E-state index in [0.29, 0.717) is 0 Å². The van der Waals surface area contributed by atoms with Gasteiger partial charge in [-0.15, -0.1) is 0 Å². The van der Waals surface area contributed by atoms with Gasteiger partial charge in [0.15, 0.2) is 0 Å². The van der Waals surface area contributed by atoms with Gasteiger partial charge in [0, 0.05) is 6.42 Å². The van der Waals surface area contributed by atoms with Crippen LogP contribution in [-0.2, 0) is 11.2 Å². The third-order valence-electron chi connectivity index (χ3n) is 2.19. The predicted molar refractivity (Wildman–Crippen MR) is 60.1 cm³/mol. The van der Waals surface area contributed by atoms with E-state index in [2.05, 4.69) is 38.1 Å². The minimum Gasteiger partial charge on any atom is -0.501 e. The van der Waals surface area contributed by atoms with E-state index < -0.39 is 0 Å². The van der Waals surface area contributed by atoms with E-state index in [-0.39, 0.29) is 0 Å². The molecule has 76 valence electrons. The molecule has 1 rings (SSSR count). The number of ether oxygens (including phenoxy) is 1. The van der Waals surface area contributed by atoms with Crippen LogP contribution in [0.2, 0.25) is 0 Å². The van der Waals surface area contributed by atoms with Gasteiger partial charge in [-0.25, -0.2) is 0 Å². The zero-order chi connectivity index (χ0) is 10.2. The van der Waals surface area contributed by atoms with Crippen molar-refractivity contribution >= 4 is 0 Å². The van der Waals surface area contributed by atoms with Gasteiger partial charge >= 0.3 is 0 Å². The summed E-state index contributed by atoms with van der Waals surface area (Å²) >= 11 is 0. The summed E-state index contributed by atoms with van der Waals surface area (Å²) < 4.78 is 5.43. The van der Waals surface area contributed by atoms with E-state index in [9.17, 15) is 0 Å². The Morgan fingerprint density at radius 1 is 1.29 bits per heavy atom. The molecule has 0 bridgehead atoms. The normalized spacial score (nSPS) is 11.4. The first kappa shape index (κ1) is 10.8. The largest absolute Gasteiger partial charge is 0.501 e. The Bertz CT molecular complexity index is 275. The molecule has 14 heavy (non-hydrogen) atoms. The molecule has 0 N–H and O–H groups in total. The summed E-state index contributed by atoms with van der Waals surface area (Å²) in [7, 11) is 0. The zero-order valence-electron chi connectivity index (χ0n) is 8.99. The maximum absolute atomic E-state index is 5.43. The highest BCUT2D eigenvalue weighted by Gasteiger charge is 1.90. The van der Waals surface area contributed by atoms with E-state index in [0.717, 1.165) is 19.4 Å². The van der Waals surface area contributed by atoms with Gasteiger partial charge in [-0.3, -0.25) is 0 Å². The molecule has 0 fully saturated rings. The Labute approximate surface area is 86.4 Å². The molecule has 0 heterocycles. The fraction of sp³-hybridized carbons (Fsp3) is 0.385. The number of hydrogen-bond acceptors (Lipinski definition) is 1. The van der Waals surface area contributed by atoms with Gasteiger partial charge in [0.05, 0.1) is 12.9 Å². The summed E-state index contributed by atoms with van der Waals surface area (Å²) in [4.78, 5) is 0. The first-order chi connectivity index (χ1) is 6.83. The van der Waals surface area contributed by atoms with Crippen molar-refractivity contribution in [3.05, 3.63) is 47.7 Å². The monoisotopic (exact) mass is 190 g/mol. The van der Waals surface area contributed by atoms with E-state index >= 15 is 0 Å². The lowest BCUT2D eigenvalue weighted by molar-refractivity contribution is 0.250. The summed E-state index contributed by atoms with van der Waals surface area (Å²) in [6, 6.07) is 10.4. The van der Waals surface area contributed by atoms with Crippen LogP contribution >= 0.6 is 0 Å². The molecule has 1 nitrogen and oxygen atoms in total. The van der Waals surface area contributed by atoms with Gasteiger partial charge in [-0.05, 0) is 24.5 Å². The molecule has 0 aliphatic rings. The van der Waals surface area contributed by atoms with Crippen molar-refractivity contribution in [2.45, 2.75) is 26.7 Å². The van der Waals surface area contributed by atoms with Crippen LogP contribution in [0.4, 0.5) is 0 Å². The van der Waals surface area contributed by atoms with Gasteiger partial charge in [0.25, 0.3) is 0 Å². The van der Waals surface area contributed by atoms with Gasteiger partial charge < -0.3 is 4.74 Å². The molecule has 1 heteroatoms. The molecule has 1 aromatic rings. The van der Waals surface area contributed by atoms with Crippen molar-refractivity contribution in [3.8, 4) is 0 Å². The summed E-state index contributed by atoms with van der Waals surface area (Å²) in [6.45, 7) is 4.98. The maximum atomic E-state index is 5.43. The van der Waals surface area contributed by atoms with Crippen LogP contribution in [0.25, 0.3) is 0 Å². The molecule has 0 atom stereocenters. The molecule has 1 aromatic carbocycles. The molecule has 0 saturated heterocycles. The van der Waals surface area contributed by atoms with Crippen LogP contribution in [-0.4, -0.2) is 6.61 Å². The fourth-order valence-corrected chi connectivity index (χ4v) is 1.11. The van der Waals surface area contributed by atoms with Crippen LogP contribution in [0.15, 0.2) is 42.2 Å². The Morgan fingerprint density at radius 3 is 2.64 bits per heavy atom. The topological polar surface area (TPSA) is 9.23 Å². The number of allylic oxidation sites excluding steroid dienone is 1. The van der Waals surface area contributed by atoms with Gasteiger partial charge in [-0.2, -0.15) is 0 Å². The molecule has 0 unspecified atom stereocenters. The Morgan fingerprint density at radius 2 is 2.00 bits per heavy atom. The zero-order valence-corrected chi connectivity index (χ0v) is 8.99. The third kappa shape index (κ3) is 4.13. The van der Waals surface area contributed by atoms with Gasteiger partial charge in [-0.1, -0.05) is 37.3 Å². The first-order valence-electron chi connectivity index (χ1n) is 5.14. The molecular formula is C13H18O. The van der Waals surface area contributed by atoms with Crippen molar-refractivity contribution in [2.75, 3.05) is 6.61 Å². The van der Waals surface area contributed by atoms with Gasteiger partial charge in [0.1, 0.15) is 0 Å². The lowest BCUT2D eigenvalue weighted by atomic mass is 10.2. The highest BCUT2D eigenvalue weighted by atomic mass is 16.5. The molecule has 0 amide bonds.